The molecule has 1 aliphatic heterocycles. The first-order valence-electron chi connectivity index (χ1n) is 4.68. The van der Waals surface area contributed by atoms with Crippen LogP contribution in [0, 0.1) is 10.1 Å². The zero-order valence-electron chi connectivity index (χ0n) is 8.29. The van der Waals surface area contributed by atoms with Gasteiger partial charge in [-0.15, -0.1) is 0 Å². The molecule has 6 nitrogen and oxygen atoms in total. The summed E-state index contributed by atoms with van der Waals surface area (Å²) in [4.78, 5) is 20.7. The minimum atomic E-state index is -0.533. The number of nitro benzene ring substituents is 1. The van der Waals surface area contributed by atoms with Crippen LogP contribution in [-0.2, 0) is 4.74 Å². The summed E-state index contributed by atoms with van der Waals surface area (Å²) in [7, 11) is 0. The third-order valence-corrected chi connectivity index (χ3v) is 2.16. The van der Waals surface area contributed by atoms with Gasteiger partial charge in [-0.1, -0.05) is 0 Å². The van der Waals surface area contributed by atoms with Crippen LogP contribution in [0.4, 0.5) is 5.69 Å². The van der Waals surface area contributed by atoms with E-state index in [9.17, 15) is 14.9 Å². The maximum atomic E-state index is 10.7. The molecule has 2 rings (SSSR count). The number of non-ortho nitro benzene ring substituents is 1. The molecule has 84 valence electrons. The third kappa shape index (κ3) is 2.34. The second-order valence-electron chi connectivity index (χ2n) is 3.36. The SMILES string of the molecule is O=Cc1ccc([N+](=O)[O-])cc1OCC1CO1. The molecule has 1 unspecified atom stereocenters. The van der Waals surface area contributed by atoms with E-state index in [2.05, 4.69) is 0 Å². The van der Waals surface area contributed by atoms with Crippen molar-refractivity contribution in [2.75, 3.05) is 13.2 Å². The van der Waals surface area contributed by atoms with E-state index in [0.29, 0.717) is 25.1 Å². The molecule has 1 heterocycles. The minimum absolute atomic E-state index is 0.0405. The largest absolute Gasteiger partial charge is 0.490 e. The Labute approximate surface area is 90.9 Å². The highest BCUT2D eigenvalue weighted by atomic mass is 16.6. The van der Waals surface area contributed by atoms with Gasteiger partial charge in [0, 0.05) is 6.07 Å². The molecule has 0 aromatic heterocycles. The van der Waals surface area contributed by atoms with E-state index in [0.717, 1.165) is 0 Å². The first-order valence-corrected chi connectivity index (χ1v) is 4.68. The van der Waals surface area contributed by atoms with Gasteiger partial charge >= 0.3 is 0 Å². The van der Waals surface area contributed by atoms with Gasteiger partial charge in [-0.2, -0.15) is 0 Å². The van der Waals surface area contributed by atoms with E-state index in [1.165, 1.54) is 18.2 Å². The zero-order chi connectivity index (χ0) is 11.5. The van der Waals surface area contributed by atoms with Gasteiger partial charge in [0.1, 0.15) is 18.5 Å². The minimum Gasteiger partial charge on any atom is -0.490 e. The smallest absolute Gasteiger partial charge is 0.273 e. The van der Waals surface area contributed by atoms with Crippen molar-refractivity contribution < 1.29 is 19.2 Å². The summed E-state index contributed by atoms with van der Waals surface area (Å²) in [6, 6.07) is 3.88. The maximum Gasteiger partial charge on any atom is 0.273 e. The molecule has 1 saturated heterocycles. The topological polar surface area (TPSA) is 82.0 Å². The van der Waals surface area contributed by atoms with Gasteiger partial charge in [0.15, 0.2) is 6.29 Å². The fourth-order valence-electron chi connectivity index (χ4n) is 1.21. The first kappa shape index (κ1) is 10.6. The average Bonchev–Trinajstić information content (AvgIpc) is 3.09. The summed E-state index contributed by atoms with van der Waals surface area (Å²) < 4.78 is 10.2. The van der Waals surface area contributed by atoms with Crippen molar-refractivity contribution in [3.8, 4) is 5.75 Å². The lowest BCUT2D eigenvalue weighted by Crippen LogP contribution is -2.06. The van der Waals surface area contributed by atoms with Crippen LogP contribution < -0.4 is 4.74 Å². The average molecular weight is 223 g/mol. The molecule has 0 saturated carbocycles. The number of hydrogen-bond acceptors (Lipinski definition) is 5. The predicted molar refractivity (Wildman–Crippen MR) is 53.7 cm³/mol. The molecule has 0 bridgehead atoms. The highest BCUT2D eigenvalue weighted by Gasteiger charge is 2.24. The van der Waals surface area contributed by atoms with E-state index in [1.54, 1.807) is 0 Å². The van der Waals surface area contributed by atoms with Crippen LogP contribution in [0.5, 0.6) is 5.75 Å². The molecule has 0 aliphatic carbocycles. The number of carbonyl (C=O) groups is 1. The van der Waals surface area contributed by atoms with E-state index in [-0.39, 0.29) is 17.5 Å². The quantitative estimate of drug-likeness (QED) is 0.324. The van der Waals surface area contributed by atoms with Gasteiger partial charge in [0.25, 0.3) is 5.69 Å². The van der Waals surface area contributed by atoms with Crippen molar-refractivity contribution in [1.82, 2.24) is 0 Å². The standard InChI is InChI=1S/C10H9NO5/c12-4-7-1-2-8(11(13)14)3-10(7)16-6-9-5-15-9/h1-4,9H,5-6H2. The second-order valence-corrected chi connectivity index (χ2v) is 3.36. The van der Waals surface area contributed by atoms with Crippen molar-refractivity contribution in [2.24, 2.45) is 0 Å². The molecule has 6 heteroatoms. The number of benzene rings is 1. The molecular formula is C10H9NO5. The molecular weight excluding hydrogens is 214 g/mol. The Hall–Kier alpha value is -1.95. The summed E-state index contributed by atoms with van der Waals surface area (Å²) in [5, 5.41) is 10.5. The maximum absolute atomic E-state index is 10.7. The van der Waals surface area contributed by atoms with Crippen molar-refractivity contribution in [1.29, 1.82) is 0 Å². The molecule has 1 aromatic rings. The molecule has 1 fully saturated rings. The molecule has 0 spiro atoms. The summed E-state index contributed by atoms with van der Waals surface area (Å²) >= 11 is 0. The lowest BCUT2D eigenvalue weighted by atomic mass is 10.2. The number of hydrogen-bond donors (Lipinski definition) is 0. The molecule has 1 atom stereocenters. The fourth-order valence-corrected chi connectivity index (χ4v) is 1.21. The molecule has 1 aromatic carbocycles. The molecule has 16 heavy (non-hydrogen) atoms. The Morgan fingerprint density at radius 2 is 2.38 bits per heavy atom. The summed E-state index contributed by atoms with van der Waals surface area (Å²) in [5.41, 5.74) is 0.198. The Bertz CT molecular complexity index is 427. The van der Waals surface area contributed by atoms with Gasteiger partial charge in [0.2, 0.25) is 0 Å². The Morgan fingerprint density at radius 1 is 1.62 bits per heavy atom. The van der Waals surface area contributed by atoms with Crippen molar-refractivity contribution in [3.63, 3.8) is 0 Å². The van der Waals surface area contributed by atoms with E-state index >= 15 is 0 Å². The monoisotopic (exact) mass is 223 g/mol. The summed E-state index contributed by atoms with van der Waals surface area (Å²) in [5.74, 6) is 0.222. The van der Waals surface area contributed by atoms with Crippen LogP contribution in [0.25, 0.3) is 0 Å². The number of nitrogens with zero attached hydrogens (tertiary/aromatic N) is 1. The highest BCUT2D eigenvalue weighted by Crippen LogP contribution is 2.24. The van der Waals surface area contributed by atoms with Gasteiger partial charge < -0.3 is 9.47 Å². The lowest BCUT2D eigenvalue weighted by Gasteiger charge is -2.06. The highest BCUT2D eigenvalue weighted by molar-refractivity contribution is 5.80. The first-order chi connectivity index (χ1) is 7.70. The predicted octanol–water partition coefficient (Wildman–Crippen LogP) is 1.18. The zero-order valence-corrected chi connectivity index (χ0v) is 8.29. The van der Waals surface area contributed by atoms with Crippen molar-refractivity contribution in [3.05, 3.63) is 33.9 Å². The van der Waals surface area contributed by atoms with E-state index in [1.807, 2.05) is 0 Å². The second kappa shape index (κ2) is 4.28. The van der Waals surface area contributed by atoms with E-state index < -0.39 is 4.92 Å². The van der Waals surface area contributed by atoms with Crippen LogP contribution in [-0.4, -0.2) is 30.5 Å². The number of epoxide rings is 1. The number of nitro groups is 1. The fraction of sp³-hybridized carbons (Fsp3) is 0.300. The molecule has 1 aliphatic rings. The molecule has 0 radical (unpaired) electrons. The van der Waals surface area contributed by atoms with Crippen molar-refractivity contribution in [2.45, 2.75) is 6.10 Å². The summed E-state index contributed by atoms with van der Waals surface area (Å²) in [6.45, 7) is 0.938. The Morgan fingerprint density at radius 3 is 2.94 bits per heavy atom. The van der Waals surface area contributed by atoms with Crippen molar-refractivity contribution >= 4 is 12.0 Å². The Kier molecular flexibility index (Phi) is 2.82. The molecule has 0 amide bonds. The van der Waals surface area contributed by atoms with Crippen LogP contribution in [0.1, 0.15) is 10.4 Å². The van der Waals surface area contributed by atoms with Crippen LogP contribution in [0.15, 0.2) is 18.2 Å². The van der Waals surface area contributed by atoms with Gasteiger partial charge in [-0.25, -0.2) is 0 Å². The van der Waals surface area contributed by atoms with Crippen LogP contribution in [0.2, 0.25) is 0 Å². The number of rotatable bonds is 5. The number of aldehydes is 1. The van der Waals surface area contributed by atoms with Crippen LogP contribution in [0.3, 0.4) is 0 Å². The summed E-state index contributed by atoms with van der Waals surface area (Å²) in [6.07, 6.45) is 0.645. The van der Waals surface area contributed by atoms with Gasteiger partial charge in [-0.3, -0.25) is 14.9 Å². The lowest BCUT2D eigenvalue weighted by molar-refractivity contribution is -0.384. The molecule has 0 N–H and O–H groups in total. The van der Waals surface area contributed by atoms with Crippen LogP contribution >= 0.6 is 0 Å². The number of ether oxygens (including phenoxy) is 2. The third-order valence-electron chi connectivity index (χ3n) is 2.16. The normalized spacial score (nSPS) is 17.9. The van der Waals surface area contributed by atoms with E-state index in [4.69, 9.17) is 9.47 Å². The van der Waals surface area contributed by atoms with Gasteiger partial charge in [0.05, 0.1) is 23.2 Å². The van der Waals surface area contributed by atoms with Gasteiger partial charge in [-0.05, 0) is 6.07 Å². The number of carbonyl (C=O) groups excluding carboxylic acids is 1. The Balaban J connectivity index is 2.19.